The summed E-state index contributed by atoms with van der Waals surface area (Å²) in [4.78, 5) is 26.2. The zero-order valence-electron chi connectivity index (χ0n) is 19.0. The summed E-state index contributed by atoms with van der Waals surface area (Å²) < 4.78 is 15.0. The third kappa shape index (κ3) is 5.53. The molecular formula is C25H28ClFN4O2. The predicted molar refractivity (Wildman–Crippen MR) is 127 cm³/mol. The minimum atomic E-state index is -0.722. The van der Waals surface area contributed by atoms with Crippen molar-refractivity contribution in [3.05, 3.63) is 64.6 Å². The van der Waals surface area contributed by atoms with Gasteiger partial charge in [-0.25, -0.2) is 4.39 Å². The van der Waals surface area contributed by atoms with Gasteiger partial charge in [-0.15, -0.1) is 0 Å². The van der Waals surface area contributed by atoms with E-state index in [0.29, 0.717) is 29.4 Å². The van der Waals surface area contributed by atoms with E-state index in [1.807, 2.05) is 20.8 Å². The van der Waals surface area contributed by atoms with Crippen molar-refractivity contribution in [1.29, 1.82) is 0 Å². The summed E-state index contributed by atoms with van der Waals surface area (Å²) in [5.74, 6) is -0.417. The van der Waals surface area contributed by atoms with Crippen molar-refractivity contribution >= 4 is 34.3 Å². The SMILES string of the molecule is CC(C)(C)[C@H](NC(=O)c1nn(Cc2ccc(F)cc2)c2ccc(Cl)cc12)C(=O)NCC1CC1. The lowest BCUT2D eigenvalue weighted by Crippen LogP contribution is -2.54. The molecule has 2 amide bonds. The monoisotopic (exact) mass is 470 g/mol. The zero-order valence-corrected chi connectivity index (χ0v) is 19.7. The van der Waals surface area contributed by atoms with Crippen LogP contribution >= 0.6 is 11.6 Å². The number of fused-ring (bicyclic) bond motifs is 1. The first-order valence-corrected chi connectivity index (χ1v) is 11.5. The summed E-state index contributed by atoms with van der Waals surface area (Å²) in [6.07, 6.45) is 2.26. The van der Waals surface area contributed by atoms with Gasteiger partial charge in [0.15, 0.2) is 5.69 Å². The van der Waals surface area contributed by atoms with Crippen molar-refractivity contribution in [3.63, 3.8) is 0 Å². The molecule has 0 spiro atoms. The van der Waals surface area contributed by atoms with Gasteiger partial charge in [-0.3, -0.25) is 14.3 Å². The average molecular weight is 471 g/mol. The minimum absolute atomic E-state index is 0.193. The first-order chi connectivity index (χ1) is 15.6. The van der Waals surface area contributed by atoms with Crippen LogP contribution in [0.1, 0.15) is 49.7 Å². The highest BCUT2D eigenvalue weighted by Crippen LogP contribution is 2.28. The van der Waals surface area contributed by atoms with Crippen LogP contribution in [0.25, 0.3) is 10.9 Å². The highest BCUT2D eigenvalue weighted by Gasteiger charge is 2.35. The van der Waals surface area contributed by atoms with Crippen molar-refractivity contribution < 1.29 is 14.0 Å². The second-order valence-electron chi connectivity index (χ2n) is 9.76. The van der Waals surface area contributed by atoms with Gasteiger partial charge in [0.2, 0.25) is 5.91 Å². The predicted octanol–water partition coefficient (Wildman–Crippen LogP) is 4.55. The molecule has 1 atom stereocenters. The molecule has 8 heteroatoms. The van der Waals surface area contributed by atoms with Crippen LogP contribution in [0.5, 0.6) is 0 Å². The smallest absolute Gasteiger partial charge is 0.273 e. The van der Waals surface area contributed by atoms with E-state index in [-0.39, 0.29) is 17.4 Å². The van der Waals surface area contributed by atoms with Gasteiger partial charge < -0.3 is 10.6 Å². The number of aromatic nitrogens is 2. The fraction of sp³-hybridized carbons (Fsp3) is 0.400. The maximum absolute atomic E-state index is 13.3. The molecule has 0 bridgehead atoms. The Labute approximate surface area is 197 Å². The maximum Gasteiger partial charge on any atom is 0.273 e. The number of hydrogen-bond donors (Lipinski definition) is 2. The van der Waals surface area contributed by atoms with E-state index in [4.69, 9.17) is 11.6 Å². The number of halogens is 2. The molecule has 2 N–H and O–H groups in total. The second-order valence-corrected chi connectivity index (χ2v) is 10.2. The molecule has 174 valence electrons. The molecule has 0 saturated heterocycles. The topological polar surface area (TPSA) is 76.0 Å². The van der Waals surface area contributed by atoms with Crippen molar-refractivity contribution in [1.82, 2.24) is 20.4 Å². The zero-order chi connectivity index (χ0) is 23.8. The lowest BCUT2D eigenvalue weighted by molar-refractivity contribution is -0.125. The summed E-state index contributed by atoms with van der Waals surface area (Å²) in [5, 5.41) is 11.5. The van der Waals surface area contributed by atoms with E-state index >= 15 is 0 Å². The van der Waals surface area contributed by atoms with Gasteiger partial charge >= 0.3 is 0 Å². The molecule has 1 fully saturated rings. The summed E-state index contributed by atoms with van der Waals surface area (Å²) in [7, 11) is 0. The number of hydrogen-bond acceptors (Lipinski definition) is 3. The molecule has 0 unspecified atom stereocenters. The van der Waals surface area contributed by atoms with Gasteiger partial charge in [0.25, 0.3) is 5.91 Å². The van der Waals surface area contributed by atoms with Gasteiger partial charge in [0, 0.05) is 17.0 Å². The molecule has 3 aromatic rings. The molecule has 33 heavy (non-hydrogen) atoms. The van der Waals surface area contributed by atoms with Crippen molar-refractivity contribution in [2.24, 2.45) is 11.3 Å². The van der Waals surface area contributed by atoms with E-state index in [9.17, 15) is 14.0 Å². The Balaban J connectivity index is 1.62. The van der Waals surface area contributed by atoms with E-state index < -0.39 is 17.4 Å². The van der Waals surface area contributed by atoms with E-state index in [1.54, 1.807) is 35.0 Å². The van der Waals surface area contributed by atoms with Crippen LogP contribution in [-0.4, -0.2) is 34.2 Å². The quantitative estimate of drug-likeness (QED) is 0.532. The Morgan fingerprint density at radius 2 is 1.88 bits per heavy atom. The van der Waals surface area contributed by atoms with Gasteiger partial charge in [-0.1, -0.05) is 44.5 Å². The Hall–Kier alpha value is -2.93. The number of carbonyl (C=O) groups is 2. The first-order valence-electron chi connectivity index (χ1n) is 11.1. The van der Waals surface area contributed by atoms with Crippen molar-refractivity contribution in [2.75, 3.05) is 6.54 Å². The molecule has 1 aliphatic rings. The fourth-order valence-corrected chi connectivity index (χ4v) is 3.92. The largest absolute Gasteiger partial charge is 0.354 e. The van der Waals surface area contributed by atoms with Gasteiger partial charge in [0.05, 0.1) is 12.1 Å². The Kier molecular flexibility index (Phi) is 6.43. The van der Waals surface area contributed by atoms with Crippen LogP contribution in [0.15, 0.2) is 42.5 Å². The molecular weight excluding hydrogens is 443 g/mol. The van der Waals surface area contributed by atoms with Gasteiger partial charge in [-0.2, -0.15) is 5.10 Å². The lowest BCUT2D eigenvalue weighted by atomic mass is 9.86. The van der Waals surface area contributed by atoms with Crippen LogP contribution in [0.2, 0.25) is 5.02 Å². The lowest BCUT2D eigenvalue weighted by Gasteiger charge is -2.30. The highest BCUT2D eigenvalue weighted by molar-refractivity contribution is 6.31. The summed E-state index contributed by atoms with van der Waals surface area (Å²) in [6, 6.07) is 10.6. The number of amides is 2. The number of nitrogens with zero attached hydrogens (tertiary/aromatic N) is 2. The van der Waals surface area contributed by atoms with Crippen LogP contribution in [0, 0.1) is 17.2 Å². The molecule has 1 saturated carbocycles. The third-order valence-electron chi connectivity index (χ3n) is 5.84. The van der Waals surface area contributed by atoms with Gasteiger partial charge in [-0.05, 0) is 60.1 Å². The fourth-order valence-electron chi connectivity index (χ4n) is 3.75. The molecule has 1 aromatic heterocycles. The first kappa shape index (κ1) is 23.2. The molecule has 2 aromatic carbocycles. The van der Waals surface area contributed by atoms with E-state index in [1.165, 1.54) is 12.1 Å². The maximum atomic E-state index is 13.3. The minimum Gasteiger partial charge on any atom is -0.354 e. The Morgan fingerprint density at radius 1 is 1.18 bits per heavy atom. The van der Waals surface area contributed by atoms with Crippen LogP contribution in [0.3, 0.4) is 0 Å². The molecule has 1 aliphatic carbocycles. The van der Waals surface area contributed by atoms with E-state index in [2.05, 4.69) is 15.7 Å². The number of rotatable bonds is 7. The summed E-state index contributed by atoms with van der Waals surface area (Å²) in [6.45, 7) is 6.73. The van der Waals surface area contributed by atoms with Crippen molar-refractivity contribution in [3.8, 4) is 0 Å². The average Bonchev–Trinajstić information content (AvgIpc) is 3.52. The van der Waals surface area contributed by atoms with Crippen LogP contribution < -0.4 is 10.6 Å². The summed E-state index contributed by atoms with van der Waals surface area (Å²) in [5.41, 5.74) is 1.26. The number of carbonyl (C=O) groups excluding carboxylic acids is 2. The van der Waals surface area contributed by atoms with Crippen LogP contribution in [-0.2, 0) is 11.3 Å². The standard InChI is InChI=1S/C25H28ClFN4O2/c1-25(2,3)22(24(33)28-13-15-4-5-15)29-23(32)21-19-12-17(26)8-11-20(19)31(30-21)14-16-6-9-18(27)10-7-16/h6-12,15,22H,4-5,13-14H2,1-3H3,(H,28,33)(H,29,32)/t22-/m1/s1. The molecule has 4 rings (SSSR count). The second kappa shape index (κ2) is 9.14. The highest BCUT2D eigenvalue weighted by atomic mass is 35.5. The molecule has 0 aliphatic heterocycles. The molecule has 1 heterocycles. The Morgan fingerprint density at radius 3 is 2.52 bits per heavy atom. The number of nitrogens with one attached hydrogen (secondary N) is 2. The van der Waals surface area contributed by atoms with Crippen molar-refractivity contribution in [2.45, 2.75) is 46.2 Å². The van der Waals surface area contributed by atoms with Crippen LogP contribution in [0.4, 0.5) is 4.39 Å². The number of benzene rings is 2. The normalized spacial score (nSPS) is 14.8. The summed E-state index contributed by atoms with van der Waals surface area (Å²) >= 11 is 6.21. The Bertz CT molecular complexity index is 1180. The van der Waals surface area contributed by atoms with Gasteiger partial charge in [0.1, 0.15) is 11.9 Å². The molecule has 6 nitrogen and oxygen atoms in total. The third-order valence-corrected chi connectivity index (χ3v) is 6.07. The molecule has 0 radical (unpaired) electrons. The van der Waals surface area contributed by atoms with E-state index in [0.717, 1.165) is 23.9 Å².